The average molecular weight is 306 g/mol. The molecule has 0 heterocycles. The number of rotatable bonds is 13. The molecule has 0 aromatic heterocycles. The highest BCUT2D eigenvalue weighted by molar-refractivity contribution is 5.33. The number of ether oxygens (including phenoxy) is 1. The summed E-state index contributed by atoms with van der Waals surface area (Å²) >= 11 is 0. The summed E-state index contributed by atoms with van der Waals surface area (Å²) < 4.78 is 5.44. The molecule has 0 fully saturated rings. The largest absolute Gasteiger partial charge is 0.465 e. The highest BCUT2D eigenvalue weighted by Crippen LogP contribution is 2.21. The van der Waals surface area contributed by atoms with E-state index in [4.69, 9.17) is 4.74 Å². The van der Waals surface area contributed by atoms with E-state index < -0.39 is 6.29 Å². The molecule has 126 valence electrons. The third-order valence-electron chi connectivity index (χ3n) is 4.07. The topological polar surface area (TPSA) is 29.5 Å². The zero-order chi connectivity index (χ0) is 16.0. The molecule has 0 saturated heterocycles. The maximum Gasteiger partial charge on any atom is 0.194 e. The molecule has 0 saturated carbocycles. The molecule has 2 heteroatoms. The Kier molecular flexibility index (Phi) is 10.8. The fourth-order valence-electron chi connectivity index (χ4n) is 2.81. The summed E-state index contributed by atoms with van der Waals surface area (Å²) in [7, 11) is 0. The van der Waals surface area contributed by atoms with Gasteiger partial charge < -0.3 is 9.84 Å². The molecule has 0 bridgehead atoms. The minimum absolute atomic E-state index is 0.742. The number of aryl methyl sites for hydroxylation is 1. The number of aliphatic hydroxyl groups excluding tert-OH is 1. The van der Waals surface area contributed by atoms with E-state index in [0.29, 0.717) is 0 Å². The molecule has 1 aromatic carbocycles. The zero-order valence-corrected chi connectivity index (χ0v) is 14.5. The van der Waals surface area contributed by atoms with Gasteiger partial charge in [-0.3, -0.25) is 0 Å². The monoisotopic (exact) mass is 306 g/mol. The average Bonchev–Trinajstić information content (AvgIpc) is 2.50. The van der Waals surface area contributed by atoms with E-state index in [-0.39, 0.29) is 0 Å². The van der Waals surface area contributed by atoms with Gasteiger partial charge in [0, 0.05) is 0 Å². The van der Waals surface area contributed by atoms with Crippen LogP contribution in [-0.2, 0) is 6.42 Å². The Morgan fingerprint density at radius 1 is 0.864 bits per heavy atom. The lowest BCUT2D eigenvalue weighted by Crippen LogP contribution is -2.10. The van der Waals surface area contributed by atoms with Crippen LogP contribution in [0.25, 0.3) is 0 Å². The Hall–Kier alpha value is -1.02. The molecule has 1 aromatic rings. The second kappa shape index (κ2) is 12.5. The van der Waals surface area contributed by atoms with Gasteiger partial charge in [0.15, 0.2) is 6.29 Å². The molecule has 0 aliphatic carbocycles. The molecule has 1 N–H and O–H groups in total. The maximum atomic E-state index is 9.35. The summed E-state index contributed by atoms with van der Waals surface area (Å²) in [6.45, 7) is 3.92. The summed E-state index contributed by atoms with van der Waals surface area (Å²) in [5.74, 6) is 0.827. The Labute approximate surface area is 136 Å². The van der Waals surface area contributed by atoms with Gasteiger partial charge in [-0.05, 0) is 31.4 Å². The summed E-state index contributed by atoms with van der Waals surface area (Å²) in [6, 6.07) is 8.05. The van der Waals surface area contributed by atoms with Crippen LogP contribution in [0.2, 0.25) is 0 Å². The maximum absolute atomic E-state index is 9.35. The molecule has 1 rings (SSSR count). The Morgan fingerprint density at radius 2 is 1.41 bits per heavy atom. The van der Waals surface area contributed by atoms with Crippen molar-refractivity contribution >= 4 is 0 Å². The van der Waals surface area contributed by atoms with Crippen molar-refractivity contribution in [3.05, 3.63) is 29.8 Å². The standard InChI is InChI=1S/C20H34O2/c1-3-4-5-6-7-8-9-10-11-12-15-19-16-13-14-17-20(19)22-18(2)21/h13-14,16-18,21H,3-12,15H2,1-2H3. The van der Waals surface area contributed by atoms with Gasteiger partial charge in [0.1, 0.15) is 5.75 Å². The normalized spacial score (nSPS) is 12.3. The van der Waals surface area contributed by atoms with E-state index in [1.165, 1.54) is 69.8 Å². The molecule has 0 aliphatic heterocycles. The summed E-state index contributed by atoms with van der Waals surface area (Å²) in [6.07, 6.45) is 13.9. The van der Waals surface area contributed by atoms with Crippen LogP contribution >= 0.6 is 0 Å². The van der Waals surface area contributed by atoms with Gasteiger partial charge in [-0.25, -0.2) is 0 Å². The Balaban J connectivity index is 2.07. The van der Waals surface area contributed by atoms with Gasteiger partial charge >= 0.3 is 0 Å². The predicted octanol–water partition coefficient (Wildman–Crippen LogP) is 5.87. The molecule has 22 heavy (non-hydrogen) atoms. The van der Waals surface area contributed by atoms with Gasteiger partial charge in [-0.2, -0.15) is 0 Å². The van der Waals surface area contributed by atoms with Gasteiger partial charge in [0.2, 0.25) is 0 Å². The first kappa shape index (κ1) is 19.0. The van der Waals surface area contributed by atoms with Crippen LogP contribution in [0.3, 0.4) is 0 Å². The predicted molar refractivity (Wildman–Crippen MR) is 94.3 cm³/mol. The fraction of sp³-hybridized carbons (Fsp3) is 0.700. The van der Waals surface area contributed by atoms with Crippen molar-refractivity contribution in [2.45, 2.75) is 90.8 Å². The van der Waals surface area contributed by atoms with Gasteiger partial charge in [-0.1, -0.05) is 82.9 Å². The lowest BCUT2D eigenvalue weighted by molar-refractivity contribution is -0.00101. The smallest absolute Gasteiger partial charge is 0.194 e. The fourth-order valence-corrected chi connectivity index (χ4v) is 2.81. The number of para-hydroxylation sites is 1. The van der Waals surface area contributed by atoms with Crippen LogP contribution in [0.4, 0.5) is 0 Å². The van der Waals surface area contributed by atoms with E-state index in [1.54, 1.807) is 6.92 Å². The Bertz CT molecular complexity index is 374. The van der Waals surface area contributed by atoms with Crippen molar-refractivity contribution in [3.63, 3.8) is 0 Å². The lowest BCUT2D eigenvalue weighted by atomic mass is 10.0. The molecule has 0 radical (unpaired) electrons. The molecule has 0 spiro atoms. The highest BCUT2D eigenvalue weighted by Gasteiger charge is 2.05. The first-order valence-electron chi connectivity index (χ1n) is 9.16. The van der Waals surface area contributed by atoms with Crippen LogP contribution in [0.15, 0.2) is 24.3 Å². The van der Waals surface area contributed by atoms with Gasteiger partial charge in [0.25, 0.3) is 0 Å². The minimum atomic E-state index is -0.742. The first-order valence-corrected chi connectivity index (χ1v) is 9.16. The van der Waals surface area contributed by atoms with Crippen molar-refractivity contribution in [2.24, 2.45) is 0 Å². The number of aliphatic hydroxyl groups is 1. The SMILES string of the molecule is CCCCCCCCCCCCc1ccccc1OC(C)O. The van der Waals surface area contributed by atoms with Gasteiger partial charge in [0.05, 0.1) is 0 Å². The van der Waals surface area contributed by atoms with E-state index in [0.717, 1.165) is 12.2 Å². The summed E-state index contributed by atoms with van der Waals surface area (Å²) in [5.41, 5.74) is 1.21. The first-order chi connectivity index (χ1) is 10.7. The Morgan fingerprint density at radius 3 is 2.00 bits per heavy atom. The summed E-state index contributed by atoms with van der Waals surface area (Å²) in [4.78, 5) is 0. The van der Waals surface area contributed by atoms with Gasteiger partial charge in [-0.15, -0.1) is 0 Å². The third kappa shape index (κ3) is 9.09. The van der Waals surface area contributed by atoms with Crippen LogP contribution < -0.4 is 4.74 Å². The van der Waals surface area contributed by atoms with E-state index in [1.807, 2.05) is 18.2 Å². The van der Waals surface area contributed by atoms with Crippen LogP contribution in [-0.4, -0.2) is 11.4 Å². The second-order valence-corrected chi connectivity index (χ2v) is 6.26. The second-order valence-electron chi connectivity index (χ2n) is 6.26. The molecule has 2 nitrogen and oxygen atoms in total. The molecule has 1 atom stereocenters. The molecule has 0 aliphatic rings. The van der Waals surface area contributed by atoms with E-state index >= 15 is 0 Å². The molecule has 0 amide bonds. The van der Waals surface area contributed by atoms with E-state index in [2.05, 4.69) is 13.0 Å². The minimum Gasteiger partial charge on any atom is -0.465 e. The third-order valence-corrected chi connectivity index (χ3v) is 4.07. The van der Waals surface area contributed by atoms with Crippen LogP contribution in [0.1, 0.15) is 83.6 Å². The van der Waals surface area contributed by atoms with Crippen molar-refractivity contribution in [1.82, 2.24) is 0 Å². The number of hydrogen-bond donors (Lipinski definition) is 1. The van der Waals surface area contributed by atoms with Crippen molar-refractivity contribution in [2.75, 3.05) is 0 Å². The van der Waals surface area contributed by atoms with Crippen molar-refractivity contribution < 1.29 is 9.84 Å². The lowest BCUT2D eigenvalue weighted by Gasteiger charge is -2.13. The zero-order valence-electron chi connectivity index (χ0n) is 14.5. The number of hydrogen-bond acceptors (Lipinski definition) is 2. The van der Waals surface area contributed by atoms with Crippen LogP contribution in [0.5, 0.6) is 5.75 Å². The number of benzene rings is 1. The van der Waals surface area contributed by atoms with Crippen molar-refractivity contribution in [1.29, 1.82) is 0 Å². The number of unbranched alkanes of at least 4 members (excludes halogenated alkanes) is 9. The van der Waals surface area contributed by atoms with E-state index in [9.17, 15) is 5.11 Å². The summed E-state index contributed by atoms with van der Waals surface area (Å²) in [5, 5.41) is 9.35. The highest BCUT2D eigenvalue weighted by atomic mass is 16.6. The van der Waals surface area contributed by atoms with Crippen molar-refractivity contribution in [3.8, 4) is 5.75 Å². The molecular formula is C20H34O2. The quantitative estimate of drug-likeness (QED) is 0.365. The molecule has 1 unspecified atom stereocenters. The molecular weight excluding hydrogens is 272 g/mol. The van der Waals surface area contributed by atoms with Crippen LogP contribution in [0, 0.1) is 0 Å².